The number of carbonyl (C=O) groups excluding carboxylic acids is 1. The molecular formula is C12H25Cl2N3O. The molecule has 1 amide bonds. The van der Waals surface area contributed by atoms with Crippen LogP contribution in [0.25, 0.3) is 0 Å². The van der Waals surface area contributed by atoms with Crippen molar-refractivity contribution in [2.75, 3.05) is 33.2 Å². The summed E-state index contributed by atoms with van der Waals surface area (Å²) in [4.78, 5) is 16.7. The van der Waals surface area contributed by atoms with E-state index in [0.29, 0.717) is 11.9 Å². The van der Waals surface area contributed by atoms with Crippen molar-refractivity contribution in [2.24, 2.45) is 0 Å². The minimum atomic E-state index is 0. The van der Waals surface area contributed by atoms with E-state index in [1.807, 2.05) is 0 Å². The molecule has 6 heteroatoms. The second kappa shape index (κ2) is 8.20. The molecule has 2 aliphatic heterocycles. The number of likely N-dealkylation sites (N-methyl/N-ethyl adjacent to an activating group) is 1. The Bertz CT molecular complexity index is 260. The maximum Gasteiger partial charge on any atom is 0.240 e. The molecule has 0 spiro atoms. The van der Waals surface area contributed by atoms with Crippen molar-refractivity contribution in [2.45, 2.75) is 38.3 Å². The number of nitrogens with one attached hydrogen (secondary N) is 1. The predicted octanol–water partition coefficient (Wildman–Crippen LogP) is 1.13. The van der Waals surface area contributed by atoms with E-state index >= 15 is 0 Å². The SMILES string of the molecule is CC1CN(C)CCN1C(=O)[C@@H]1CCCCN1.Cl.Cl. The zero-order valence-corrected chi connectivity index (χ0v) is 12.9. The van der Waals surface area contributed by atoms with E-state index in [0.717, 1.165) is 32.6 Å². The lowest BCUT2D eigenvalue weighted by molar-refractivity contribution is -0.138. The Morgan fingerprint density at radius 3 is 2.50 bits per heavy atom. The zero-order chi connectivity index (χ0) is 11.5. The van der Waals surface area contributed by atoms with E-state index in [1.165, 1.54) is 12.8 Å². The lowest BCUT2D eigenvalue weighted by atomic mass is 10.0. The van der Waals surface area contributed by atoms with Gasteiger partial charge >= 0.3 is 0 Å². The number of amides is 1. The van der Waals surface area contributed by atoms with Gasteiger partial charge in [-0.05, 0) is 33.4 Å². The quantitative estimate of drug-likeness (QED) is 0.788. The highest BCUT2D eigenvalue weighted by Gasteiger charge is 2.31. The molecule has 108 valence electrons. The predicted molar refractivity (Wildman–Crippen MR) is 78.8 cm³/mol. The molecule has 0 aromatic rings. The molecule has 2 saturated heterocycles. The van der Waals surface area contributed by atoms with Crippen LogP contribution in [0.3, 0.4) is 0 Å². The average molecular weight is 298 g/mol. The van der Waals surface area contributed by atoms with Crippen LogP contribution in [0.4, 0.5) is 0 Å². The second-order valence-corrected chi connectivity index (χ2v) is 5.15. The van der Waals surface area contributed by atoms with E-state index in [9.17, 15) is 4.79 Å². The van der Waals surface area contributed by atoms with Gasteiger partial charge in [-0.1, -0.05) is 6.42 Å². The summed E-state index contributed by atoms with van der Waals surface area (Å²) < 4.78 is 0. The number of piperidine rings is 1. The number of nitrogens with zero attached hydrogens (tertiary/aromatic N) is 2. The maximum atomic E-state index is 12.3. The molecule has 2 heterocycles. The molecule has 0 aromatic heterocycles. The lowest BCUT2D eigenvalue weighted by Gasteiger charge is -2.40. The number of rotatable bonds is 1. The van der Waals surface area contributed by atoms with Gasteiger partial charge < -0.3 is 15.1 Å². The van der Waals surface area contributed by atoms with Crippen LogP contribution in [-0.4, -0.2) is 61.0 Å². The van der Waals surface area contributed by atoms with E-state index in [2.05, 4.69) is 29.1 Å². The van der Waals surface area contributed by atoms with Gasteiger partial charge in [-0.15, -0.1) is 24.8 Å². The van der Waals surface area contributed by atoms with Gasteiger partial charge in [-0.25, -0.2) is 0 Å². The summed E-state index contributed by atoms with van der Waals surface area (Å²) >= 11 is 0. The summed E-state index contributed by atoms with van der Waals surface area (Å²) in [7, 11) is 2.12. The van der Waals surface area contributed by atoms with Crippen LogP contribution in [0.1, 0.15) is 26.2 Å². The van der Waals surface area contributed by atoms with Crippen LogP contribution in [-0.2, 0) is 4.79 Å². The first kappa shape index (κ1) is 18.0. The van der Waals surface area contributed by atoms with Crippen LogP contribution in [0.15, 0.2) is 0 Å². The fourth-order valence-corrected chi connectivity index (χ4v) is 2.73. The maximum absolute atomic E-state index is 12.3. The van der Waals surface area contributed by atoms with Crippen LogP contribution in [0.2, 0.25) is 0 Å². The molecule has 1 unspecified atom stereocenters. The molecule has 4 nitrogen and oxygen atoms in total. The van der Waals surface area contributed by atoms with Crippen molar-refractivity contribution in [1.82, 2.24) is 15.1 Å². The Labute approximate surface area is 122 Å². The molecule has 2 fully saturated rings. The van der Waals surface area contributed by atoms with Crippen LogP contribution < -0.4 is 5.32 Å². The number of hydrogen-bond donors (Lipinski definition) is 1. The normalized spacial score (nSPS) is 29.1. The first-order valence-corrected chi connectivity index (χ1v) is 6.41. The summed E-state index contributed by atoms with van der Waals surface area (Å²) in [6.07, 6.45) is 3.41. The molecule has 2 atom stereocenters. The topological polar surface area (TPSA) is 35.6 Å². The zero-order valence-electron chi connectivity index (χ0n) is 11.2. The van der Waals surface area contributed by atoms with Gasteiger partial charge in [-0.2, -0.15) is 0 Å². The van der Waals surface area contributed by atoms with Gasteiger partial charge in [-0.3, -0.25) is 4.79 Å². The summed E-state index contributed by atoms with van der Waals surface area (Å²) in [6.45, 7) is 6.03. The first-order valence-electron chi connectivity index (χ1n) is 6.41. The van der Waals surface area contributed by atoms with Gasteiger partial charge in [0.2, 0.25) is 5.91 Å². The highest BCUT2D eigenvalue weighted by molar-refractivity contribution is 5.85. The average Bonchev–Trinajstić information content (AvgIpc) is 2.29. The summed E-state index contributed by atoms with van der Waals surface area (Å²) in [5.74, 6) is 0.320. The highest BCUT2D eigenvalue weighted by Crippen LogP contribution is 2.14. The van der Waals surface area contributed by atoms with Crippen molar-refractivity contribution in [1.29, 1.82) is 0 Å². The van der Waals surface area contributed by atoms with Gasteiger partial charge in [0.1, 0.15) is 0 Å². The van der Waals surface area contributed by atoms with E-state index in [1.54, 1.807) is 0 Å². The molecular weight excluding hydrogens is 273 g/mol. The van der Waals surface area contributed by atoms with E-state index in [4.69, 9.17) is 0 Å². The molecule has 0 radical (unpaired) electrons. The molecule has 1 N–H and O–H groups in total. The minimum absolute atomic E-state index is 0. The molecule has 0 bridgehead atoms. The Hall–Kier alpha value is -0.0300. The standard InChI is InChI=1S/C12H23N3O.2ClH/c1-10-9-14(2)7-8-15(10)12(16)11-5-3-4-6-13-11;;/h10-11,13H,3-9H2,1-2H3;2*1H/t10?,11-;;/m0../s1. The summed E-state index contributed by atoms with van der Waals surface area (Å²) in [5.41, 5.74) is 0. The largest absolute Gasteiger partial charge is 0.336 e. The molecule has 0 aliphatic carbocycles. The second-order valence-electron chi connectivity index (χ2n) is 5.15. The third kappa shape index (κ3) is 4.26. The van der Waals surface area contributed by atoms with Crippen molar-refractivity contribution in [3.05, 3.63) is 0 Å². The monoisotopic (exact) mass is 297 g/mol. The number of halogens is 2. The third-order valence-corrected chi connectivity index (χ3v) is 3.72. The number of piperazine rings is 1. The Morgan fingerprint density at radius 2 is 1.94 bits per heavy atom. The van der Waals surface area contributed by atoms with Crippen LogP contribution >= 0.6 is 24.8 Å². The highest BCUT2D eigenvalue weighted by atomic mass is 35.5. The van der Waals surface area contributed by atoms with E-state index < -0.39 is 0 Å². The van der Waals surface area contributed by atoms with Gasteiger partial charge in [0.05, 0.1) is 6.04 Å². The van der Waals surface area contributed by atoms with E-state index in [-0.39, 0.29) is 30.9 Å². The molecule has 2 aliphatic rings. The lowest BCUT2D eigenvalue weighted by Crippen LogP contribution is -2.58. The Kier molecular flexibility index (Phi) is 8.19. The van der Waals surface area contributed by atoms with Crippen molar-refractivity contribution < 1.29 is 4.79 Å². The number of hydrogen-bond acceptors (Lipinski definition) is 3. The molecule has 2 rings (SSSR count). The number of carbonyl (C=O) groups is 1. The van der Waals surface area contributed by atoms with Crippen LogP contribution in [0.5, 0.6) is 0 Å². The summed E-state index contributed by atoms with van der Waals surface area (Å²) in [5, 5.41) is 3.34. The van der Waals surface area contributed by atoms with Crippen LogP contribution in [0, 0.1) is 0 Å². The van der Waals surface area contributed by atoms with Gasteiger partial charge in [0, 0.05) is 25.7 Å². The first-order chi connectivity index (χ1) is 7.68. The van der Waals surface area contributed by atoms with Crippen molar-refractivity contribution in [3.8, 4) is 0 Å². The van der Waals surface area contributed by atoms with Crippen molar-refractivity contribution in [3.63, 3.8) is 0 Å². The Balaban J connectivity index is 0.00000144. The minimum Gasteiger partial charge on any atom is -0.336 e. The molecule has 18 heavy (non-hydrogen) atoms. The van der Waals surface area contributed by atoms with Gasteiger partial charge in [0.15, 0.2) is 0 Å². The third-order valence-electron chi connectivity index (χ3n) is 3.72. The van der Waals surface area contributed by atoms with Crippen molar-refractivity contribution >= 4 is 30.7 Å². The Morgan fingerprint density at radius 1 is 1.22 bits per heavy atom. The molecule has 0 saturated carbocycles. The fourth-order valence-electron chi connectivity index (χ4n) is 2.73. The molecule has 0 aromatic carbocycles. The summed E-state index contributed by atoms with van der Waals surface area (Å²) in [6, 6.07) is 0.439. The van der Waals surface area contributed by atoms with Gasteiger partial charge in [0.25, 0.3) is 0 Å². The fraction of sp³-hybridized carbons (Fsp3) is 0.917. The smallest absolute Gasteiger partial charge is 0.240 e.